The van der Waals surface area contributed by atoms with Gasteiger partial charge in [0.1, 0.15) is 6.10 Å². The van der Waals surface area contributed by atoms with Crippen LogP contribution in [0.5, 0.6) is 0 Å². The third-order valence-corrected chi connectivity index (χ3v) is 5.30. The third kappa shape index (κ3) is 3.26. The first kappa shape index (κ1) is 18.6. The number of amides is 2. The Morgan fingerprint density at radius 2 is 2.14 bits per heavy atom. The van der Waals surface area contributed by atoms with Gasteiger partial charge in [-0.1, -0.05) is 19.9 Å². The van der Waals surface area contributed by atoms with Crippen LogP contribution in [0.3, 0.4) is 0 Å². The SMILES string of the molecule is CC1(C)CN(C(=O)[C@@H]2CCCO2)c2cc(NC(=O)c3cccnc3F)ccc21. The smallest absolute Gasteiger partial charge is 0.260 e. The number of nitrogens with one attached hydrogen (secondary N) is 1. The average molecular weight is 383 g/mol. The summed E-state index contributed by atoms with van der Waals surface area (Å²) >= 11 is 0. The van der Waals surface area contributed by atoms with E-state index in [4.69, 9.17) is 4.74 Å². The molecule has 0 saturated carbocycles. The maximum absolute atomic E-state index is 13.8. The van der Waals surface area contributed by atoms with E-state index in [0.717, 1.165) is 24.1 Å². The fourth-order valence-electron chi connectivity index (χ4n) is 3.87. The molecule has 146 valence electrons. The van der Waals surface area contributed by atoms with Gasteiger partial charge < -0.3 is 15.0 Å². The maximum Gasteiger partial charge on any atom is 0.260 e. The normalized spacial score (nSPS) is 20.1. The van der Waals surface area contributed by atoms with Crippen molar-refractivity contribution in [2.24, 2.45) is 0 Å². The zero-order chi connectivity index (χ0) is 19.9. The van der Waals surface area contributed by atoms with Gasteiger partial charge in [-0.3, -0.25) is 9.59 Å². The second kappa shape index (κ2) is 6.98. The Labute approximate surface area is 162 Å². The highest BCUT2D eigenvalue weighted by molar-refractivity contribution is 6.05. The molecule has 0 aliphatic carbocycles. The second-order valence-electron chi connectivity index (χ2n) is 7.84. The molecule has 1 atom stereocenters. The van der Waals surface area contributed by atoms with E-state index in [1.807, 2.05) is 6.07 Å². The number of nitrogens with zero attached hydrogens (tertiary/aromatic N) is 2. The molecule has 2 amide bonds. The first-order chi connectivity index (χ1) is 13.4. The average Bonchev–Trinajstić information content (AvgIpc) is 3.28. The maximum atomic E-state index is 13.8. The van der Waals surface area contributed by atoms with Crippen molar-refractivity contribution in [2.45, 2.75) is 38.2 Å². The van der Waals surface area contributed by atoms with Gasteiger partial charge in [0.15, 0.2) is 0 Å². The molecule has 0 radical (unpaired) electrons. The van der Waals surface area contributed by atoms with E-state index < -0.39 is 18.0 Å². The van der Waals surface area contributed by atoms with E-state index in [0.29, 0.717) is 18.8 Å². The molecule has 3 heterocycles. The molecule has 7 heteroatoms. The molecule has 0 unspecified atom stereocenters. The Morgan fingerprint density at radius 1 is 1.32 bits per heavy atom. The summed E-state index contributed by atoms with van der Waals surface area (Å²) in [5, 5.41) is 2.70. The van der Waals surface area contributed by atoms with E-state index in [1.165, 1.54) is 18.3 Å². The number of pyridine rings is 1. The summed E-state index contributed by atoms with van der Waals surface area (Å²) in [7, 11) is 0. The van der Waals surface area contributed by atoms with Crippen molar-refractivity contribution in [3.63, 3.8) is 0 Å². The van der Waals surface area contributed by atoms with Gasteiger partial charge in [0, 0.05) is 36.1 Å². The lowest BCUT2D eigenvalue weighted by molar-refractivity contribution is -0.127. The lowest BCUT2D eigenvalue weighted by Crippen LogP contribution is -2.40. The van der Waals surface area contributed by atoms with Crippen molar-refractivity contribution in [1.82, 2.24) is 4.98 Å². The van der Waals surface area contributed by atoms with E-state index in [2.05, 4.69) is 24.1 Å². The Bertz CT molecular complexity index is 938. The van der Waals surface area contributed by atoms with Crippen LogP contribution < -0.4 is 10.2 Å². The number of carbonyl (C=O) groups is 2. The van der Waals surface area contributed by atoms with E-state index in [-0.39, 0.29) is 16.9 Å². The number of ether oxygens (including phenoxy) is 1. The Kier molecular flexibility index (Phi) is 4.63. The zero-order valence-corrected chi connectivity index (χ0v) is 15.9. The molecule has 6 nitrogen and oxygen atoms in total. The van der Waals surface area contributed by atoms with Crippen LogP contribution in [0.4, 0.5) is 15.8 Å². The van der Waals surface area contributed by atoms with Gasteiger partial charge in [0.25, 0.3) is 11.8 Å². The minimum Gasteiger partial charge on any atom is -0.368 e. The summed E-state index contributed by atoms with van der Waals surface area (Å²) in [5.41, 5.74) is 1.95. The highest BCUT2D eigenvalue weighted by Crippen LogP contribution is 2.42. The van der Waals surface area contributed by atoms with Gasteiger partial charge in [0.05, 0.1) is 5.56 Å². The molecule has 1 saturated heterocycles. The fraction of sp³-hybridized carbons (Fsp3) is 0.381. The fourth-order valence-corrected chi connectivity index (χ4v) is 3.87. The molecular formula is C21H22FN3O3. The van der Waals surface area contributed by atoms with Crippen LogP contribution >= 0.6 is 0 Å². The molecule has 2 aromatic rings. The van der Waals surface area contributed by atoms with Crippen molar-refractivity contribution < 1.29 is 18.7 Å². The summed E-state index contributed by atoms with van der Waals surface area (Å²) in [4.78, 5) is 30.6. The molecule has 2 aliphatic rings. The van der Waals surface area contributed by atoms with Gasteiger partial charge >= 0.3 is 0 Å². The number of carbonyl (C=O) groups excluding carboxylic acids is 2. The first-order valence-electron chi connectivity index (χ1n) is 9.36. The summed E-state index contributed by atoms with van der Waals surface area (Å²) in [5.74, 6) is -1.46. The topological polar surface area (TPSA) is 71.5 Å². The number of benzene rings is 1. The van der Waals surface area contributed by atoms with E-state index >= 15 is 0 Å². The highest BCUT2D eigenvalue weighted by atomic mass is 19.1. The second-order valence-corrected chi connectivity index (χ2v) is 7.84. The number of fused-ring (bicyclic) bond motifs is 1. The first-order valence-corrected chi connectivity index (χ1v) is 9.36. The number of halogens is 1. The van der Waals surface area contributed by atoms with Crippen molar-refractivity contribution >= 4 is 23.2 Å². The van der Waals surface area contributed by atoms with Crippen LogP contribution in [0.15, 0.2) is 36.5 Å². The van der Waals surface area contributed by atoms with Crippen LogP contribution in [0.2, 0.25) is 0 Å². The van der Waals surface area contributed by atoms with Gasteiger partial charge in [-0.15, -0.1) is 0 Å². The van der Waals surface area contributed by atoms with Crippen LogP contribution in [0.1, 0.15) is 42.6 Å². The van der Waals surface area contributed by atoms with Gasteiger partial charge in [-0.25, -0.2) is 4.98 Å². The number of hydrogen-bond acceptors (Lipinski definition) is 4. The van der Waals surface area contributed by atoms with Gasteiger partial charge in [-0.2, -0.15) is 4.39 Å². The van der Waals surface area contributed by atoms with E-state index in [9.17, 15) is 14.0 Å². The van der Waals surface area contributed by atoms with Crippen LogP contribution in [-0.4, -0.2) is 36.1 Å². The van der Waals surface area contributed by atoms with Gasteiger partial charge in [-0.05, 0) is 42.7 Å². The quantitative estimate of drug-likeness (QED) is 0.826. The molecule has 1 N–H and O–H groups in total. The molecule has 0 bridgehead atoms. The summed E-state index contributed by atoms with van der Waals surface area (Å²) in [6, 6.07) is 8.33. The molecule has 1 fully saturated rings. The van der Waals surface area contributed by atoms with Crippen molar-refractivity contribution in [1.29, 1.82) is 0 Å². The number of hydrogen-bond donors (Lipinski definition) is 1. The minimum atomic E-state index is -0.822. The number of aromatic nitrogens is 1. The summed E-state index contributed by atoms with van der Waals surface area (Å²) < 4.78 is 19.3. The highest BCUT2D eigenvalue weighted by Gasteiger charge is 2.41. The Balaban J connectivity index is 1.62. The van der Waals surface area contributed by atoms with Crippen LogP contribution in [-0.2, 0) is 14.9 Å². The predicted octanol–water partition coefficient (Wildman–Crippen LogP) is 3.28. The molecule has 28 heavy (non-hydrogen) atoms. The standard InChI is InChI=1S/C21H22FN3O3/c1-21(2)12-25(20(27)17-6-4-10-28-17)16-11-13(7-8-15(16)21)24-19(26)14-5-3-9-23-18(14)22/h3,5,7-9,11,17H,4,6,10,12H2,1-2H3,(H,24,26)/t17-/m0/s1. The van der Waals surface area contributed by atoms with Crippen molar-refractivity contribution in [3.05, 3.63) is 53.6 Å². The van der Waals surface area contributed by atoms with Crippen LogP contribution in [0, 0.1) is 5.95 Å². The third-order valence-electron chi connectivity index (χ3n) is 5.30. The molecule has 0 spiro atoms. The van der Waals surface area contributed by atoms with Crippen molar-refractivity contribution in [3.8, 4) is 0 Å². The number of rotatable bonds is 3. The van der Waals surface area contributed by atoms with E-state index in [1.54, 1.807) is 17.0 Å². The monoisotopic (exact) mass is 383 g/mol. The molecule has 1 aromatic heterocycles. The zero-order valence-electron chi connectivity index (χ0n) is 15.9. The lowest BCUT2D eigenvalue weighted by atomic mass is 9.87. The Hall–Kier alpha value is -2.80. The summed E-state index contributed by atoms with van der Waals surface area (Å²) in [6.45, 7) is 5.32. The number of anilines is 2. The molecule has 2 aliphatic heterocycles. The molecule has 1 aromatic carbocycles. The minimum absolute atomic E-state index is 0.0499. The van der Waals surface area contributed by atoms with Crippen LogP contribution in [0.25, 0.3) is 0 Å². The van der Waals surface area contributed by atoms with Crippen molar-refractivity contribution in [2.75, 3.05) is 23.4 Å². The summed E-state index contributed by atoms with van der Waals surface area (Å²) in [6.07, 6.45) is 2.48. The molecular weight excluding hydrogens is 361 g/mol. The predicted molar refractivity (Wildman–Crippen MR) is 103 cm³/mol. The largest absolute Gasteiger partial charge is 0.368 e. The van der Waals surface area contributed by atoms with Gasteiger partial charge in [0.2, 0.25) is 5.95 Å². The Morgan fingerprint density at radius 3 is 2.86 bits per heavy atom. The molecule has 4 rings (SSSR count). The lowest BCUT2D eigenvalue weighted by Gasteiger charge is -2.23.